The van der Waals surface area contributed by atoms with Crippen LogP contribution in [0.1, 0.15) is 5.69 Å². The van der Waals surface area contributed by atoms with E-state index in [2.05, 4.69) is 10.3 Å². The number of hydrogen-bond acceptors (Lipinski definition) is 2. The van der Waals surface area contributed by atoms with Crippen LogP contribution in [0.15, 0.2) is 48.5 Å². The van der Waals surface area contributed by atoms with E-state index in [9.17, 15) is 4.39 Å². The van der Waals surface area contributed by atoms with Crippen LogP contribution < -0.4 is 0 Å². The van der Waals surface area contributed by atoms with Gasteiger partial charge in [-0.25, -0.2) is 9.07 Å². The molecule has 0 amide bonds. The maximum atomic E-state index is 13.1. The Morgan fingerprint density at radius 1 is 1.10 bits per heavy atom. The Labute approximate surface area is 130 Å². The molecule has 0 saturated carbocycles. The van der Waals surface area contributed by atoms with Crippen LogP contribution in [0.5, 0.6) is 0 Å². The second-order valence-corrected chi connectivity index (χ2v) is 5.12. The minimum atomic E-state index is -0.305. The average molecular weight is 322 g/mol. The molecule has 0 aliphatic carbocycles. The van der Waals surface area contributed by atoms with Crippen LogP contribution in [0.2, 0.25) is 5.02 Å². The normalized spacial score (nSPS) is 10.8. The van der Waals surface area contributed by atoms with Gasteiger partial charge in [-0.1, -0.05) is 28.9 Å². The van der Waals surface area contributed by atoms with E-state index in [-0.39, 0.29) is 11.7 Å². The summed E-state index contributed by atoms with van der Waals surface area (Å²) < 4.78 is 14.7. The summed E-state index contributed by atoms with van der Waals surface area (Å²) in [6, 6.07) is 13.4. The quantitative estimate of drug-likeness (QED) is 0.666. The third-order valence-electron chi connectivity index (χ3n) is 3.04. The molecule has 1 heterocycles. The first-order chi connectivity index (χ1) is 10.2. The minimum absolute atomic E-state index is 0.225. The summed E-state index contributed by atoms with van der Waals surface area (Å²) in [6.45, 7) is 0. The second kappa shape index (κ2) is 5.84. The van der Waals surface area contributed by atoms with E-state index in [4.69, 9.17) is 23.2 Å². The Balaban J connectivity index is 2.19. The van der Waals surface area contributed by atoms with Crippen molar-refractivity contribution in [1.29, 1.82) is 0 Å². The molecule has 0 atom stereocenters. The summed E-state index contributed by atoms with van der Waals surface area (Å²) >= 11 is 12.0. The molecule has 6 heteroatoms. The Bertz CT molecular complexity index is 769. The number of alkyl halides is 1. The zero-order valence-corrected chi connectivity index (χ0v) is 12.3. The fourth-order valence-electron chi connectivity index (χ4n) is 2.09. The topological polar surface area (TPSA) is 30.7 Å². The fourth-order valence-corrected chi connectivity index (χ4v) is 2.46. The van der Waals surface area contributed by atoms with Crippen LogP contribution in [0.25, 0.3) is 16.9 Å². The van der Waals surface area contributed by atoms with Crippen LogP contribution in [0.3, 0.4) is 0 Å². The van der Waals surface area contributed by atoms with Crippen molar-refractivity contribution < 1.29 is 4.39 Å². The highest BCUT2D eigenvalue weighted by atomic mass is 35.5. The molecule has 106 valence electrons. The summed E-state index contributed by atoms with van der Waals surface area (Å²) in [5.74, 6) is -0.0796. The van der Waals surface area contributed by atoms with E-state index in [1.807, 2.05) is 18.2 Å². The summed E-state index contributed by atoms with van der Waals surface area (Å²) in [6.07, 6.45) is 0. The SMILES string of the molecule is Fc1ccc(-n2nnc(CCl)c2-c2cccc(Cl)c2)cc1. The number of aromatic nitrogens is 3. The third kappa shape index (κ3) is 2.77. The van der Waals surface area contributed by atoms with E-state index < -0.39 is 0 Å². The number of benzene rings is 2. The summed E-state index contributed by atoms with van der Waals surface area (Å²) in [5, 5.41) is 8.80. The fraction of sp³-hybridized carbons (Fsp3) is 0.0667. The molecule has 0 saturated heterocycles. The van der Waals surface area contributed by atoms with Gasteiger partial charge in [-0.15, -0.1) is 16.7 Å². The molecule has 0 radical (unpaired) electrons. The van der Waals surface area contributed by atoms with Gasteiger partial charge in [0.2, 0.25) is 0 Å². The smallest absolute Gasteiger partial charge is 0.123 e. The highest BCUT2D eigenvalue weighted by Gasteiger charge is 2.15. The zero-order chi connectivity index (χ0) is 14.8. The predicted molar refractivity (Wildman–Crippen MR) is 81.3 cm³/mol. The monoisotopic (exact) mass is 321 g/mol. The first-order valence-corrected chi connectivity index (χ1v) is 7.12. The standard InChI is InChI=1S/C15H10Cl2FN3/c16-9-14-15(10-2-1-3-11(17)8-10)21(20-19-14)13-6-4-12(18)5-7-13/h1-8H,9H2. The molecule has 3 nitrogen and oxygen atoms in total. The number of hydrogen-bond donors (Lipinski definition) is 0. The van der Waals surface area contributed by atoms with E-state index in [1.165, 1.54) is 12.1 Å². The Morgan fingerprint density at radius 3 is 2.52 bits per heavy atom. The lowest BCUT2D eigenvalue weighted by atomic mass is 10.1. The molecule has 2 aromatic carbocycles. The molecule has 0 N–H and O–H groups in total. The largest absolute Gasteiger partial charge is 0.213 e. The van der Waals surface area contributed by atoms with E-state index in [0.717, 1.165) is 11.3 Å². The Kier molecular flexibility index (Phi) is 3.90. The van der Waals surface area contributed by atoms with Gasteiger partial charge >= 0.3 is 0 Å². The summed E-state index contributed by atoms with van der Waals surface area (Å²) in [7, 11) is 0. The van der Waals surface area contributed by atoms with Crippen LogP contribution >= 0.6 is 23.2 Å². The molecule has 0 fully saturated rings. The van der Waals surface area contributed by atoms with Gasteiger partial charge in [-0.2, -0.15) is 0 Å². The second-order valence-electron chi connectivity index (χ2n) is 4.42. The molecular formula is C15H10Cl2FN3. The molecule has 0 aliphatic rings. The Morgan fingerprint density at radius 2 is 1.86 bits per heavy atom. The van der Waals surface area contributed by atoms with Crippen molar-refractivity contribution in [2.45, 2.75) is 5.88 Å². The van der Waals surface area contributed by atoms with Gasteiger partial charge in [0.05, 0.1) is 17.3 Å². The van der Waals surface area contributed by atoms with Crippen molar-refractivity contribution in [2.24, 2.45) is 0 Å². The molecule has 0 aliphatic heterocycles. The lowest BCUT2D eigenvalue weighted by Crippen LogP contribution is -2.00. The van der Waals surface area contributed by atoms with Gasteiger partial charge in [0.15, 0.2) is 0 Å². The van der Waals surface area contributed by atoms with Gasteiger partial charge in [-0.3, -0.25) is 0 Å². The molecule has 1 aromatic heterocycles. The maximum Gasteiger partial charge on any atom is 0.123 e. The van der Waals surface area contributed by atoms with E-state index in [1.54, 1.807) is 22.9 Å². The number of nitrogens with zero attached hydrogens (tertiary/aromatic N) is 3. The first-order valence-electron chi connectivity index (χ1n) is 6.21. The highest BCUT2D eigenvalue weighted by Crippen LogP contribution is 2.28. The summed E-state index contributed by atoms with van der Waals surface area (Å²) in [4.78, 5) is 0. The van der Waals surface area contributed by atoms with Crippen molar-refractivity contribution >= 4 is 23.2 Å². The van der Waals surface area contributed by atoms with Crippen LogP contribution in [-0.2, 0) is 5.88 Å². The van der Waals surface area contributed by atoms with Crippen LogP contribution in [0.4, 0.5) is 4.39 Å². The molecule has 0 unspecified atom stereocenters. The first kappa shape index (κ1) is 14.0. The van der Waals surface area contributed by atoms with E-state index in [0.29, 0.717) is 16.4 Å². The molecular weight excluding hydrogens is 312 g/mol. The summed E-state index contributed by atoms with van der Waals surface area (Å²) in [5.41, 5.74) is 2.95. The average Bonchev–Trinajstić information content (AvgIpc) is 2.92. The number of rotatable bonds is 3. The number of halogens is 3. The van der Waals surface area contributed by atoms with E-state index >= 15 is 0 Å². The van der Waals surface area contributed by atoms with Crippen LogP contribution in [0, 0.1) is 5.82 Å². The van der Waals surface area contributed by atoms with Crippen molar-refractivity contribution in [3.8, 4) is 16.9 Å². The molecule has 3 rings (SSSR count). The molecule has 0 spiro atoms. The lowest BCUT2D eigenvalue weighted by Gasteiger charge is -2.08. The third-order valence-corrected chi connectivity index (χ3v) is 3.52. The lowest BCUT2D eigenvalue weighted by molar-refractivity contribution is 0.627. The molecule has 3 aromatic rings. The molecule has 21 heavy (non-hydrogen) atoms. The van der Waals surface area contributed by atoms with Gasteiger partial charge in [0, 0.05) is 10.6 Å². The van der Waals surface area contributed by atoms with Gasteiger partial charge in [0.1, 0.15) is 11.5 Å². The highest BCUT2D eigenvalue weighted by molar-refractivity contribution is 6.30. The minimum Gasteiger partial charge on any atom is -0.213 e. The van der Waals surface area contributed by atoms with Gasteiger partial charge < -0.3 is 0 Å². The van der Waals surface area contributed by atoms with Crippen LogP contribution in [-0.4, -0.2) is 15.0 Å². The zero-order valence-electron chi connectivity index (χ0n) is 10.8. The van der Waals surface area contributed by atoms with Crippen molar-refractivity contribution in [1.82, 2.24) is 15.0 Å². The van der Waals surface area contributed by atoms with Crippen molar-refractivity contribution in [3.63, 3.8) is 0 Å². The van der Waals surface area contributed by atoms with Gasteiger partial charge in [0.25, 0.3) is 0 Å². The van der Waals surface area contributed by atoms with Gasteiger partial charge in [-0.05, 0) is 36.4 Å². The molecule has 0 bridgehead atoms. The van der Waals surface area contributed by atoms with Crippen molar-refractivity contribution in [3.05, 3.63) is 65.1 Å². The maximum absolute atomic E-state index is 13.1. The Hall–Kier alpha value is -1.91. The van der Waals surface area contributed by atoms with Crippen molar-refractivity contribution in [2.75, 3.05) is 0 Å². The predicted octanol–water partition coefficient (Wildman–Crippen LogP) is 4.47.